The minimum Gasteiger partial charge on any atom is -0.343 e. The van der Waals surface area contributed by atoms with Gasteiger partial charge in [0.15, 0.2) is 0 Å². The number of carbonyl (C=O) groups excluding carboxylic acids is 1. The minimum atomic E-state index is -0.140. The van der Waals surface area contributed by atoms with E-state index in [9.17, 15) is 4.79 Å². The molecule has 1 aliphatic heterocycles. The number of hydrogen-bond donors (Lipinski definition) is 1. The maximum absolute atomic E-state index is 11.1. The van der Waals surface area contributed by atoms with E-state index in [0.29, 0.717) is 6.04 Å². The van der Waals surface area contributed by atoms with Crippen LogP contribution in [-0.4, -0.2) is 15.5 Å². The zero-order chi connectivity index (χ0) is 10.1. The maximum Gasteiger partial charge on any atom is 0.243 e. The third-order valence-electron chi connectivity index (χ3n) is 2.56. The molecule has 4 nitrogen and oxygen atoms in total. The van der Waals surface area contributed by atoms with Crippen LogP contribution in [0.5, 0.6) is 0 Å². The van der Waals surface area contributed by atoms with E-state index in [2.05, 4.69) is 28.4 Å². The Kier molecular flexibility index (Phi) is 2.11. The van der Waals surface area contributed by atoms with Crippen LogP contribution in [0.2, 0.25) is 0 Å². The third kappa shape index (κ3) is 1.32. The molecule has 0 fully saturated rings. The van der Waals surface area contributed by atoms with Gasteiger partial charge in [-0.05, 0) is 19.4 Å². The Balaban J connectivity index is 2.18. The van der Waals surface area contributed by atoms with Crippen molar-refractivity contribution in [2.45, 2.75) is 25.4 Å². The van der Waals surface area contributed by atoms with E-state index in [1.807, 2.05) is 6.20 Å². The van der Waals surface area contributed by atoms with Gasteiger partial charge in [-0.3, -0.25) is 4.79 Å². The molecule has 2 unspecified atom stereocenters. The van der Waals surface area contributed by atoms with E-state index in [-0.39, 0.29) is 11.9 Å². The Morgan fingerprint density at radius 3 is 3.36 bits per heavy atom. The smallest absolute Gasteiger partial charge is 0.243 e. The van der Waals surface area contributed by atoms with Gasteiger partial charge in [0.1, 0.15) is 5.82 Å². The minimum absolute atomic E-state index is 0.0329. The van der Waals surface area contributed by atoms with Crippen LogP contribution in [0, 0.1) is 0 Å². The first-order valence-electron chi connectivity index (χ1n) is 4.68. The number of nitrogens with zero attached hydrogens (tertiary/aromatic N) is 2. The molecule has 0 aliphatic carbocycles. The number of hydrogen-bond acceptors (Lipinski definition) is 2. The summed E-state index contributed by atoms with van der Waals surface area (Å²) >= 11 is 0. The van der Waals surface area contributed by atoms with Crippen LogP contribution in [0.25, 0.3) is 0 Å². The van der Waals surface area contributed by atoms with Crippen molar-refractivity contribution in [2.24, 2.45) is 0 Å². The van der Waals surface area contributed by atoms with Crippen LogP contribution < -0.4 is 5.32 Å². The average Bonchev–Trinajstić information content (AvgIpc) is 2.72. The fourth-order valence-corrected chi connectivity index (χ4v) is 1.88. The van der Waals surface area contributed by atoms with Crippen LogP contribution in [-0.2, 0) is 4.79 Å². The Bertz CT molecular complexity index is 369. The maximum atomic E-state index is 11.1. The first-order valence-corrected chi connectivity index (χ1v) is 4.68. The monoisotopic (exact) mass is 191 g/mol. The number of amides is 1. The lowest BCUT2D eigenvalue weighted by Gasteiger charge is -2.08. The van der Waals surface area contributed by atoms with Crippen molar-refractivity contribution in [3.63, 3.8) is 0 Å². The molecule has 1 N–H and O–H groups in total. The first kappa shape index (κ1) is 8.99. The van der Waals surface area contributed by atoms with E-state index in [1.165, 1.54) is 6.08 Å². The second-order valence-corrected chi connectivity index (χ2v) is 3.54. The van der Waals surface area contributed by atoms with Gasteiger partial charge in [-0.2, -0.15) is 0 Å². The van der Waals surface area contributed by atoms with Crippen molar-refractivity contribution in [3.05, 3.63) is 30.9 Å². The lowest BCUT2D eigenvalue weighted by molar-refractivity contribution is -0.117. The number of carbonyl (C=O) groups is 1. The molecule has 2 rings (SSSR count). The van der Waals surface area contributed by atoms with E-state index < -0.39 is 0 Å². The number of fused-ring (bicyclic) bond motifs is 1. The average molecular weight is 191 g/mol. The highest BCUT2D eigenvalue weighted by atomic mass is 16.1. The van der Waals surface area contributed by atoms with E-state index in [1.54, 1.807) is 6.20 Å². The molecule has 4 heteroatoms. The van der Waals surface area contributed by atoms with Crippen LogP contribution in [0.3, 0.4) is 0 Å². The quantitative estimate of drug-likeness (QED) is 0.714. The number of rotatable bonds is 2. The summed E-state index contributed by atoms with van der Waals surface area (Å²) in [6.45, 7) is 5.54. The predicted octanol–water partition coefficient (Wildman–Crippen LogP) is 1.19. The molecule has 2 heterocycles. The molecule has 0 aromatic carbocycles. The van der Waals surface area contributed by atoms with Gasteiger partial charge in [-0.25, -0.2) is 4.98 Å². The van der Waals surface area contributed by atoms with Gasteiger partial charge in [0.2, 0.25) is 5.91 Å². The Morgan fingerprint density at radius 2 is 2.64 bits per heavy atom. The summed E-state index contributed by atoms with van der Waals surface area (Å²) in [5, 5.41) is 2.86. The summed E-state index contributed by atoms with van der Waals surface area (Å²) < 4.78 is 2.09. The van der Waals surface area contributed by atoms with E-state index in [0.717, 1.165) is 12.2 Å². The number of nitrogens with one attached hydrogen (secondary N) is 1. The van der Waals surface area contributed by atoms with Gasteiger partial charge in [0.25, 0.3) is 0 Å². The van der Waals surface area contributed by atoms with Crippen molar-refractivity contribution in [1.82, 2.24) is 14.9 Å². The number of aromatic nitrogens is 2. The predicted molar refractivity (Wildman–Crippen MR) is 52.6 cm³/mol. The van der Waals surface area contributed by atoms with Crippen LogP contribution in [0.4, 0.5) is 0 Å². The van der Waals surface area contributed by atoms with Gasteiger partial charge in [0, 0.05) is 18.4 Å². The Morgan fingerprint density at radius 1 is 1.86 bits per heavy atom. The van der Waals surface area contributed by atoms with Gasteiger partial charge in [0.05, 0.1) is 6.04 Å². The molecule has 74 valence electrons. The Hall–Kier alpha value is -1.58. The van der Waals surface area contributed by atoms with E-state index in [4.69, 9.17) is 0 Å². The normalized spacial score (nSPS) is 24.4. The summed E-state index contributed by atoms with van der Waals surface area (Å²) in [7, 11) is 0. The van der Waals surface area contributed by atoms with Crippen molar-refractivity contribution < 1.29 is 4.79 Å². The van der Waals surface area contributed by atoms with Crippen molar-refractivity contribution >= 4 is 5.91 Å². The van der Waals surface area contributed by atoms with Crippen LogP contribution >= 0.6 is 0 Å². The molecule has 1 amide bonds. The zero-order valence-corrected chi connectivity index (χ0v) is 8.10. The topological polar surface area (TPSA) is 46.9 Å². The molecule has 0 radical (unpaired) electrons. The molecule has 1 aromatic heterocycles. The second-order valence-electron chi connectivity index (χ2n) is 3.54. The highest BCUT2D eigenvalue weighted by molar-refractivity contribution is 5.87. The lowest BCUT2D eigenvalue weighted by atomic mass is 10.1. The molecule has 0 spiro atoms. The molecule has 1 aromatic rings. The summed E-state index contributed by atoms with van der Waals surface area (Å²) in [4.78, 5) is 15.4. The summed E-state index contributed by atoms with van der Waals surface area (Å²) in [5.41, 5.74) is 0. The first-order chi connectivity index (χ1) is 6.72. The van der Waals surface area contributed by atoms with Crippen molar-refractivity contribution in [1.29, 1.82) is 0 Å². The van der Waals surface area contributed by atoms with E-state index >= 15 is 0 Å². The van der Waals surface area contributed by atoms with Gasteiger partial charge >= 0.3 is 0 Å². The van der Waals surface area contributed by atoms with Gasteiger partial charge in [-0.1, -0.05) is 6.58 Å². The summed E-state index contributed by atoms with van der Waals surface area (Å²) in [6.07, 6.45) is 5.90. The largest absolute Gasteiger partial charge is 0.343 e. The van der Waals surface area contributed by atoms with Gasteiger partial charge in [-0.15, -0.1) is 0 Å². The highest BCUT2D eigenvalue weighted by Gasteiger charge is 2.29. The molecule has 0 saturated carbocycles. The van der Waals surface area contributed by atoms with Crippen molar-refractivity contribution in [2.75, 3.05) is 0 Å². The van der Waals surface area contributed by atoms with Gasteiger partial charge < -0.3 is 9.88 Å². The van der Waals surface area contributed by atoms with Crippen molar-refractivity contribution in [3.8, 4) is 0 Å². The molecule has 0 saturated heterocycles. The molecular formula is C10H13N3O. The molecular weight excluding hydrogens is 178 g/mol. The summed E-state index contributed by atoms with van der Waals surface area (Å²) in [5.74, 6) is 0.798. The second kappa shape index (κ2) is 3.29. The van der Waals surface area contributed by atoms with Crippen LogP contribution in [0.1, 0.15) is 31.3 Å². The molecule has 1 aliphatic rings. The molecule has 0 bridgehead atoms. The SMILES string of the molecule is C=CC(=O)NC1CC(C)n2ccnc21. The third-order valence-corrected chi connectivity index (χ3v) is 2.56. The zero-order valence-electron chi connectivity index (χ0n) is 8.10. The Labute approximate surface area is 82.6 Å². The lowest BCUT2D eigenvalue weighted by Crippen LogP contribution is -2.25. The number of imidazole rings is 1. The fourth-order valence-electron chi connectivity index (χ4n) is 1.88. The highest BCUT2D eigenvalue weighted by Crippen LogP contribution is 2.32. The standard InChI is InChI=1S/C10H13N3O/c1-3-9(14)12-8-6-7(2)13-5-4-11-10(8)13/h3-5,7-8H,1,6H2,2H3,(H,12,14). The summed E-state index contributed by atoms with van der Waals surface area (Å²) in [6, 6.07) is 0.438. The fraction of sp³-hybridized carbons (Fsp3) is 0.400. The van der Waals surface area contributed by atoms with Crippen LogP contribution in [0.15, 0.2) is 25.0 Å². The molecule has 14 heavy (non-hydrogen) atoms. The molecule has 2 atom stereocenters.